The lowest BCUT2D eigenvalue weighted by atomic mass is 10.1. The monoisotopic (exact) mass is 312 g/mol. The highest BCUT2D eigenvalue weighted by molar-refractivity contribution is 5.77. The molecule has 0 bridgehead atoms. The number of nitrogens with one attached hydrogen (secondary N) is 2. The lowest BCUT2D eigenvalue weighted by molar-refractivity contribution is 0.548. The lowest BCUT2D eigenvalue weighted by Crippen LogP contribution is -2.32. The van der Waals surface area contributed by atoms with Crippen LogP contribution in [0.5, 0.6) is 0 Å². The minimum Gasteiger partial charge on any atom is -0.370 e. The van der Waals surface area contributed by atoms with Crippen molar-refractivity contribution < 1.29 is 0 Å². The molecule has 0 unspecified atom stereocenters. The van der Waals surface area contributed by atoms with E-state index in [1.165, 1.54) is 64.2 Å². The molecular weight excluding hydrogens is 276 g/mol. The first-order valence-electron chi connectivity index (χ1n) is 8.63. The fourth-order valence-electron chi connectivity index (χ4n) is 2.26. The van der Waals surface area contributed by atoms with E-state index >= 15 is 0 Å². The first kappa shape index (κ1) is 20.5. The molecule has 0 aromatic heterocycles. The van der Waals surface area contributed by atoms with E-state index in [4.69, 9.17) is 11.5 Å². The van der Waals surface area contributed by atoms with Crippen LogP contribution in [0.2, 0.25) is 0 Å². The van der Waals surface area contributed by atoms with Gasteiger partial charge in [0, 0.05) is 27.2 Å². The molecule has 6 heteroatoms. The standard InChI is InChI=1S/C16H36N6/c1-19-15(17)21-13-11-9-7-5-3-4-6-8-10-12-14-22-16(18)20-2/h3-14H2,1-2H3,(H3,17,19,21)(H3,18,20,22). The average molecular weight is 313 g/mol. The molecule has 0 aliphatic heterocycles. The molecule has 0 radical (unpaired) electrons. The number of aliphatic imine (C=N–C) groups is 2. The number of unbranched alkanes of at least 4 members (excludes halogenated alkanes) is 9. The van der Waals surface area contributed by atoms with E-state index in [0.29, 0.717) is 11.9 Å². The normalized spacial score (nSPS) is 12.5. The summed E-state index contributed by atoms with van der Waals surface area (Å²) >= 11 is 0. The first-order chi connectivity index (χ1) is 10.7. The summed E-state index contributed by atoms with van der Waals surface area (Å²) in [6.45, 7) is 1.87. The van der Waals surface area contributed by atoms with Gasteiger partial charge in [-0.2, -0.15) is 0 Å². The van der Waals surface area contributed by atoms with Crippen molar-refractivity contribution in [2.24, 2.45) is 21.5 Å². The van der Waals surface area contributed by atoms with Gasteiger partial charge in [-0.1, -0.05) is 51.4 Å². The third-order valence-electron chi connectivity index (χ3n) is 3.70. The van der Waals surface area contributed by atoms with Gasteiger partial charge >= 0.3 is 0 Å². The van der Waals surface area contributed by atoms with Gasteiger partial charge in [-0.25, -0.2) is 0 Å². The molecule has 0 atom stereocenters. The molecule has 22 heavy (non-hydrogen) atoms. The Balaban J connectivity index is 3.09. The summed E-state index contributed by atoms with van der Waals surface area (Å²) in [4.78, 5) is 7.73. The summed E-state index contributed by atoms with van der Waals surface area (Å²) in [5, 5.41) is 6.17. The summed E-state index contributed by atoms with van der Waals surface area (Å²) in [5.74, 6) is 1.08. The fraction of sp³-hybridized carbons (Fsp3) is 0.875. The molecule has 0 fully saturated rings. The van der Waals surface area contributed by atoms with Gasteiger partial charge in [-0.05, 0) is 12.8 Å². The van der Waals surface area contributed by atoms with Crippen LogP contribution >= 0.6 is 0 Å². The molecule has 0 aliphatic carbocycles. The molecule has 0 aromatic rings. The Morgan fingerprint density at radius 2 is 0.864 bits per heavy atom. The minimum atomic E-state index is 0.542. The van der Waals surface area contributed by atoms with Gasteiger partial charge in [-0.15, -0.1) is 0 Å². The molecule has 0 saturated heterocycles. The molecule has 6 N–H and O–H groups in total. The first-order valence-corrected chi connectivity index (χ1v) is 8.63. The van der Waals surface area contributed by atoms with Crippen LogP contribution in [0.25, 0.3) is 0 Å². The minimum absolute atomic E-state index is 0.542. The van der Waals surface area contributed by atoms with E-state index in [1.807, 2.05) is 0 Å². The van der Waals surface area contributed by atoms with Gasteiger partial charge < -0.3 is 22.1 Å². The van der Waals surface area contributed by atoms with E-state index in [2.05, 4.69) is 20.6 Å². The fourth-order valence-corrected chi connectivity index (χ4v) is 2.26. The maximum Gasteiger partial charge on any atom is 0.188 e. The summed E-state index contributed by atoms with van der Waals surface area (Å²) in [6.07, 6.45) is 13.0. The number of hydrogen-bond donors (Lipinski definition) is 4. The molecule has 130 valence electrons. The molecule has 6 nitrogen and oxygen atoms in total. The Hall–Kier alpha value is -1.46. The molecule has 0 amide bonds. The SMILES string of the molecule is CN=C(N)NCCCCCCCCCCCCNC(N)=NC. The van der Waals surface area contributed by atoms with Gasteiger partial charge in [0.25, 0.3) is 0 Å². The van der Waals surface area contributed by atoms with Crippen molar-refractivity contribution in [3.63, 3.8) is 0 Å². The number of nitrogens with zero attached hydrogens (tertiary/aromatic N) is 2. The quantitative estimate of drug-likeness (QED) is 0.237. The van der Waals surface area contributed by atoms with Crippen LogP contribution in [-0.2, 0) is 0 Å². The topological polar surface area (TPSA) is 101 Å². The molecule has 0 aromatic carbocycles. The molecule has 0 spiro atoms. The van der Waals surface area contributed by atoms with Gasteiger partial charge in [0.15, 0.2) is 11.9 Å². The number of nitrogens with two attached hydrogens (primary N) is 2. The summed E-state index contributed by atoms with van der Waals surface area (Å²) in [6, 6.07) is 0. The van der Waals surface area contributed by atoms with Crippen molar-refractivity contribution in [2.45, 2.75) is 64.2 Å². The molecule has 0 aliphatic rings. The van der Waals surface area contributed by atoms with Crippen molar-refractivity contribution in [1.29, 1.82) is 0 Å². The van der Waals surface area contributed by atoms with Crippen LogP contribution in [0.15, 0.2) is 9.98 Å². The number of rotatable bonds is 13. The van der Waals surface area contributed by atoms with Gasteiger partial charge in [0.05, 0.1) is 0 Å². The van der Waals surface area contributed by atoms with E-state index < -0.39 is 0 Å². The van der Waals surface area contributed by atoms with Gasteiger partial charge in [0.2, 0.25) is 0 Å². The van der Waals surface area contributed by atoms with E-state index in [1.54, 1.807) is 14.1 Å². The third kappa shape index (κ3) is 14.9. The molecule has 0 rings (SSSR count). The summed E-state index contributed by atoms with van der Waals surface area (Å²) < 4.78 is 0. The maximum absolute atomic E-state index is 5.56. The van der Waals surface area contributed by atoms with Crippen LogP contribution in [0, 0.1) is 0 Å². The van der Waals surface area contributed by atoms with Gasteiger partial charge in [-0.3, -0.25) is 9.98 Å². The Kier molecular flexibility index (Phi) is 14.9. The van der Waals surface area contributed by atoms with Crippen LogP contribution < -0.4 is 22.1 Å². The second-order valence-corrected chi connectivity index (χ2v) is 5.61. The lowest BCUT2D eigenvalue weighted by Gasteiger charge is -2.05. The molecule has 0 heterocycles. The Bertz CT molecular complexity index is 271. The highest BCUT2D eigenvalue weighted by Crippen LogP contribution is 2.10. The van der Waals surface area contributed by atoms with Crippen LogP contribution in [-0.4, -0.2) is 39.1 Å². The third-order valence-corrected chi connectivity index (χ3v) is 3.70. The van der Waals surface area contributed by atoms with Crippen LogP contribution in [0.3, 0.4) is 0 Å². The van der Waals surface area contributed by atoms with E-state index in [-0.39, 0.29) is 0 Å². The van der Waals surface area contributed by atoms with Crippen molar-refractivity contribution in [3.05, 3.63) is 0 Å². The average Bonchev–Trinajstić information content (AvgIpc) is 2.54. The van der Waals surface area contributed by atoms with E-state index in [9.17, 15) is 0 Å². The van der Waals surface area contributed by atoms with E-state index in [0.717, 1.165) is 13.1 Å². The maximum atomic E-state index is 5.56. The van der Waals surface area contributed by atoms with Gasteiger partial charge in [0.1, 0.15) is 0 Å². The Labute approximate surface area is 136 Å². The zero-order chi connectivity index (χ0) is 16.5. The zero-order valence-electron chi connectivity index (χ0n) is 14.5. The van der Waals surface area contributed by atoms with Crippen LogP contribution in [0.1, 0.15) is 64.2 Å². The predicted octanol–water partition coefficient (Wildman–Crippen LogP) is 1.96. The molecular formula is C16H36N6. The van der Waals surface area contributed by atoms with Crippen molar-refractivity contribution in [2.75, 3.05) is 27.2 Å². The number of hydrogen-bond acceptors (Lipinski definition) is 2. The Morgan fingerprint density at radius 1 is 0.591 bits per heavy atom. The highest BCUT2D eigenvalue weighted by Gasteiger charge is 1.94. The Morgan fingerprint density at radius 3 is 1.14 bits per heavy atom. The second-order valence-electron chi connectivity index (χ2n) is 5.61. The summed E-state index contributed by atoms with van der Waals surface area (Å²) in [5.41, 5.74) is 11.1. The van der Waals surface area contributed by atoms with Crippen molar-refractivity contribution in [1.82, 2.24) is 10.6 Å². The largest absolute Gasteiger partial charge is 0.370 e. The van der Waals surface area contributed by atoms with Crippen molar-refractivity contribution in [3.8, 4) is 0 Å². The van der Waals surface area contributed by atoms with Crippen molar-refractivity contribution >= 4 is 11.9 Å². The highest BCUT2D eigenvalue weighted by atomic mass is 15.1. The smallest absolute Gasteiger partial charge is 0.188 e. The second kappa shape index (κ2) is 15.9. The zero-order valence-corrected chi connectivity index (χ0v) is 14.5. The van der Waals surface area contributed by atoms with Crippen LogP contribution in [0.4, 0.5) is 0 Å². The summed E-state index contributed by atoms with van der Waals surface area (Å²) in [7, 11) is 3.40. The number of guanidine groups is 2. The predicted molar refractivity (Wildman–Crippen MR) is 97.3 cm³/mol. The molecule has 0 saturated carbocycles.